The van der Waals surface area contributed by atoms with E-state index in [1.165, 1.54) is 12.7 Å². The van der Waals surface area contributed by atoms with Crippen molar-refractivity contribution in [3.05, 3.63) is 87.9 Å². The van der Waals surface area contributed by atoms with Gasteiger partial charge in [0.2, 0.25) is 0 Å². The van der Waals surface area contributed by atoms with E-state index in [2.05, 4.69) is 5.32 Å². The van der Waals surface area contributed by atoms with Crippen molar-refractivity contribution in [2.45, 2.75) is 20.5 Å². The number of halogens is 1. The van der Waals surface area contributed by atoms with E-state index in [-0.39, 0.29) is 5.91 Å². The Bertz CT molecular complexity index is 966. The summed E-state index contributed by atoms with van der Waals surface area (Å²) in [4.78, 5) is 12.6. The summed E-state index contributed by atoms with van der Waals surface area (Å²) < 4.78 is 11.3. The quantitative estimate of drug-likeness (QED) is 0.574. The molecular formula is C23H22ClNO3. The number of methoxy groups -OCH3 is 1. The Kier molecular flexibility index (Phi) is 6.22. The topological polar surface area (TPSA) is 47.6 Å². The number of aryl methyl sites for hydroxylation is 2. The molecule has 3 rings (SSSR count). The van der Waals surface area contributed by atoms with Gasteiger partial charge in [0, 0.05) is 11.3 Å². The van der Waals surface area contributed by atoms with Crippen LogP contribution in [0.15, 0.2) is 60.7 Å². The zero-order chi connectivity index (χ0) is 20.1. The molecule has 0 aliphatic heterocycles. The molecule has 5 heteroatoms. The highest BCUT2D eigenvalue weighted by molar-refractivity contribution is 6.32. The summed E-state index contributed by atoms with van der Waals surface area (Å²) in [5.74, 6) is 0.555. The molecule has 3 aromatic rings. The smallest absolute Gasteiger partial charge is 0.255 e. The minimum atomic E-state index is -0.269. The zero-order valence-corrected chi connectivity index (χ0v) is 16.8. The average Bonchev–Trinajstić information content (AvgIpc) is 2.69. The van der Waals surface area contributed by atoms with Gasteiger partial charge in [0.1, 0.15) is 6.61 Å². The number of nitrogens with one attached hydrogen (secondary N) is 1. The predicted octanol–water partition coefficient (Wildman–Crippen LogP) is 5.80. The van der Waals surface area contributed by atoms with Crippen LogP contribution in [0.3, 0.4) is 0 Å². The molecule has 0 saturated carbocycles. The summed E-state index contributed by atoms with van der Waals surface area (Å²) in [6, 6.07) is 18.8. The van der Waals surface area contributed by atoms with Gasteiger partial charge in [-0.3, -0.25) is 4.79 Å². The average molecular weight is 396 g/mol. The molecule has 0 aliphatic rings. The van der Waals surface area contributed by atoms with Crippen LogP contribution in [0.1, 0.15) is 27.0 Å². The molecule has 0 aliphatic carbocycles. The molecule has 144 valence electrons. The third kappa shape index (κ3) is 4.84. The van der Waals surface area contributed by atoms with Gasteiger partial charge in [0.05, 0.1) is 12.1 Å². The van der Waals surface area contributed by atoms with E-state index in [0.717, 1.165) is 11.1 Å². The van der Waals surface area contributed by atoms with Gasteiger partial charge in [-0.05, 0) is 43.7 Å². The van der Waals surface area contributed by atoms with Crippen LogP contribution in [-0.4, -0.2) is 13.0 Å². The van der Waals surface area contributed by atoms with Crippen molar-refractivity contribution in [1.29, 1.82) is 0 Å². The maximum absolute atomic E-state index is 12.6. The minimum absolute atomic E-state index is 0.269. The van der Waals surface area contributed by atoms with Gasteiger partial charge in [0.25, 0.3) is 5.91 Å². The number of amides is 1. The fourth-order valence-electron chi connectivity index (χ4n) is 2.67. The van der Waals surface area contributed by atoms with Crippen molar-refractivity contribution < 1.29 is 14.3 Å². The molecule has 0 unspecified atom stereocenters. The Morgan fingerprint density at radius 1 is 0.964 bits per heavy atom. The number of rotatable bonds is 6. The molecule has 0 heterocycles. The number of hydrogen-bond acceptors (Lipinski definition) is 3. The van der Waals surface area contributed by atoms with E-state index in [9.17, 15) is 4.79 Å². The van der Waals surface area contributed by atoms with Crippen LogP contribution in [-0.2, 0) is 6.61 Å². The first-order valence-corrected chi connectivity index (χ1v) is 9.28. The molecule has 0 fully saturated rings. The van der Waals surface area contributed by atoms with Crippen LogP contribution in [0.5, 0.6) is 11.5 Å². The Balaban J connectivity index is 1.77. The first-order valence-electron chi connectivity index (χ1n) is 8.90. The minimum Gasteiger partial charge on any atom is -0.493 e. The van der Waals surface area contributed by atoms with E-state index >= 15 is 0 Å². The highest BCUT2D eigenvalue weighted by atomic mass is 35.5. The van der Waals surface area contributed by atoms with Crippen LogP contribution in [0.2, 0.25) is 5.02 Å². The monoisotopic (exact) mass is 395 g/mol. The lowest BCUT2D eigenvalue weighted by Gasteiger charge is -2.14. The summed E-state index contributed by atoms with van der Waals surface area (Å²) in [7, 11) is 1.52. The van der Waals surface area contributed by atoms with Gasteiger partial charge >= 0.3 is 0 Å². The molecule has 0 spiro atoms. The molecule has 0 atom stereocenters. The maximum atomic E-state index is 12.6. The SMILES string of the molecule is COc1cc(C(=O)Nc2ccc(C)cc2)cc(Cl)c1OCc1ccc(C)cc1. The van der Waals surface area contributed by atoms with E-state index in [0.29, 0.717) is 34.4 Å². The van der Waals surface area contributed by atoms with Crippen molar-refractivity contribution in [3.8, 4) is 11.5 Å². The molecule has 1 amide bonds. The van der Waals surface area contributed by atoms with Crippen LogP contribution >= 0.6 is 11.6 Å². The van der Waals surface area contributed by atoms with Crippen molar-refractivity contribution in [3.63, 3.8) is 0 Å². The first-order chi connectivity index (χ1) is 13.5. The van der Waals surface area contributed by atoms with E-state index in [4.69, 9.17) is 21.1 Å². The number of carbonyl (C=O) groups excluding carboxylic acids is 1. The lowest BCUT2D eigenvalue weighted by Crippen LogP contribution is -2.12. The molecular weight excluding hydrogens is 374 g/mol. The molecule has 0 aromatic heterocycles. The first kappa shape index (κ1) is 19.8. The van der Waals surface area contributed by atoms with E-state index in [1.807, 2.05) is 62.4 Å². The Hall–Kier alpha value is -2.98. The molecule has 4 nitrogen and oxygen atoms in total. The number of benzene rings is 3. The van der Waals surface area contributed by atoms with Crippen LogP contribution in [0.25, 0.3) is 0 Å². The summed E-state index contributed by atoms with van der Waals surface area (Å²) in [6.45, 7) is 4.38. The molecule has 1 N–H and O–H groups in total. The molecule has 28 heavy (non-hydrogen) atoms. The summed E-state index contributed by atoms with van der Waals surface area (Å²) in [5.41, 5.74) is 4.43. The molecule has 0 radical (unpaired) electrons. The lowest BCUT2D eigenvalue weighted by molar-refractivity contribution is 0.102. The van der Waals surface area contributed by atoms with Crippen LogP contribution in [0.4, 0.5) is 5.69 Å². The van der Waals surface area contributed by atoms with E-state index in [1.54, 1.807) is 12.1 Å². The van der Waals surface area contributed by atoms with Gasteiger partial charge in [-0.2, -0.15) is 0 Å². The maximum Gasteiger partial charge on any atom is 0.255 e. The largest absolute Gasteiger partial charge is 0.493 e. The third-order valence-electron chi connectivity index (χ3n) is 4.30. The van der Waals surface area contributed by atoms with Crippen molar-refractivity contribution in [2.75, 3.05) is 12.4 Å². The number of carbonyl (C=O) groups is 1. The Labute approximate surface area is 170 Å². The van der Waals surface area contributed by atoms with Crippen LogP contribution in [0, 0.1) is 13.8 Å². The standard InChI is InChI=1S/C23H22ClNO3/c1-15-4-8-17(9-5-15)14-28-22-20(24)12-18(13-21(22)27-3)23(26)25-19-10-6-16(2)7-11-19/h4-13H,14H2,1-3H3,(H,25,26). The van der Waals surface area contributed by atoms with Crippen LogP contribution < -0.4 is 14.8 Å². The summed E-state index contributed by atoms with van der Waals surface area (Å²) >= 11 is 6.39. The molecule has 3 aromatic carbocycles. The number of ether oxygens (including phenoxy) is 2. The zero-order valence-electron chi connectivity index (χ0n) is 16.1. The van der Waals surface area contributed by atoms with Gasteiger partial charge in [0.15, 0.2) is 11.5 Å². The number of anilines is 1. The van der Waals surface area contributed by atoms with Crippen molar-refractivity contribution in [2.24, 2.45) is 0 Å². The van der Waals surface area contributed by atoms with Gasteiger partial charge < -0.3 is 14.8 Å². The Morgan fingerprint density at radius 2 is 1.57 bits per heavy atom. The fraction of sp³-hybridized carbons (Fsp3) is 0.174. The second-order valence-electron chi connectivity index (χ2n) is 6.58. The highest BCUT2D eigenvalue weighted by Gasteiger charge is 2.16. The molecule has 0 saturated heterocycles. The van der Waals surface area contributed by atoms with Gasteiger partial charge in [-0.25, -0.2) is 0 Å². The van der Waals surface area contributed by atoms with Gasteiger partial charge in [-0.1, -0.05) is 59.1 Å². The van der Waals surface area contributed by atoms with Crippen molar-refractivity contribution >= 4 is 23.2 Å². The predicted molar refractivity (Wildman–Crippen MR) is 113 cm³/mol. The van der Waals surface area contributed by atoms with E-state index < -0.39 is 0 Å². The normalized spacial score (nSPS) is 10.4. The molecule has 0 bridgehead atoms. The lowest BCUT2D eigenvalue weighted by atomic mass is 10.1. The second-order valence-corrected chi connectivity index (χ2v) is 6.99. The van der Waals surface area contributed by atoms with Gasteiger partial charge in [-0.15, -0.1) is 0 Å². The second kappa shape index (κ2) is 8.81. The summed E-state index contributed by atoms with van der Waals surface area (Å²) in [5, 5.41) is 3.17. The fourth-order valence-corrected chi connectivity index (χ4v) is 2.94. The third-order valence-corrected chi connectivity index (χ3v) is 4.59. The Morgan fingerprint density at radius 3 is 2.18 bits per heavy atom. The highest BCUT2D eigenvalue weighted by Crippen LogP contribution is 2.37. The summed E-state index contributed by atoms with van der Waals surface area (Å²) in [6.07, 6.45) is 0. The van der Waals surface area contributed by atoms with Crippen molar-refractivity contribution in [1.82, 2.24) is 0 Å². The number of hydrogen-bond donors (Lipinski definition) is 1.